The van der Waals surface area contributed by atoms with Crippen molar-refractivity contribution in [2.45, 2.75) is 341 Å². The van der Waals surface area contributed by atoms with Gasteiger partial charge in [0.25, 0.3) is 7.82 Å². The molecule has 0 saturated heterocycles. The molecule has 0 aliphatic rings. The Balaban J connectivity index is 4.11. The molecule has 0 rings (SSSR count). The van der Waals surface area contributed by atoms with E-state index in [2.05, 4.69) is 43.5 Å². The number of hydrogen-bond acceptors (Lipinski definition) is 6. The second-order valence-corrected chi connectivity index (χ2v) is 25.2. The number of quaternary nitrogens is 1. The van der Waals surface area contributed by atoms with Gasteiger partial charge in [0.05, 0.1) is 39.9 Å². The smallest absolute Gasteiger partial charge is 0.268 e. The molecule has 3 unspecified atom stereocenters. The second kappa shape index (κ2) is 57.4. The zero-order valence-corrected chi connectivity index (χ0v) is 51.7. The maximum Gasteiger partial charge on any atom is 0.268 e. The Labute approximate surface area is 467 Å². The van der Waals surface area contributed by atoms with Crippen molar-refractivity contribution in [1.82, 2.24) is 5.32 Å². The largest absolute Gasteiger partial charge is 0.756 e. The Hall–Kier alpha value is -1.28. The SMILES string of the molecule is CCCCCCC/C=C\C/C=C\CCCCCCCCCCCCCCCC(=O)NC(COP(=O)([O-])OCC[N+](C)(C)C)C(O)/C=C/CCCCCCCCCCCCCCCCCCCCCCCCCCCC. The van der Waals surface area contributed by atoms with Gasteiger partial charge < -0.3 is 28.8 Å². The van der Waals surface area contributed by atoms with E-state index in [1.165, 1.54) is 263 Å². The number of phosphoric ester groups is 1. The number of phosphoric acid groups is 1. The van der Waals surface area contributed by atoms with Crippen molar-refractivity contribution in [1.29, 1.82) is 0 Å². The van der Waals surface area contributed by atoms with Gasteiger partial charge in [0.2, 0.25) is 5.91 Å². The van der Waals surface area contributed by atoms with Crippen LogP contribution in [0.25, 0.3) is 0 Å². The highest BCUT2D eigenvalue weighted by Crippen LogP contribution is 2.38. The van der Waals surface area contributed by atoms with Gasteiger partial charge in [-0.05, 0) is 51.4 Å². The van der Waals surface area contributed by atoms with Gasteiger partial charge in [-0.1, -0.05) is 307 Å². The lowest BCUT2D eigenvalue weighted by Crippen LogP contribution is -2.45. The average molecular weight is 1080 g/mol. The Morgan fingerprint density at radius 2 is 0.773 bits per heavy atom. The van der Waals surface area contributed by atoms with E-state index < -0.39 is 20.0 Å². The van der Waals surface area contributed by atoms with Gasteiger partial charge in [0, 0.05) is 6.42 Å². The van der Waals surface area contributed by atoms with Crippen LogP contribution in [0.4, 0.5) is 0 Å². The number of nitrogens with one attached hydrogen (secondary N) is 1. The Morgan fingerprint density at radius 3 is 1.11 bits per heavy atom. The lowest BCUT2D eigenvalue weighted by atomic mass is 10.0. The fraction of sp³-hybridized carbons (Fsp3) is 0.894. The fourth-order valence-corrected chi connectivity index (χ4v) is 10.7. The monoisotopic (exact) mass is 1080 g/mol. The zero-order chi connectivity index (χ0) is 54.9. The van der Waals surface area contributed by atoms with Crippen molar-refractivity contribution in [3.63, 3.8) is 0 Å². The third-order valence-electron chi connectivity index (χ3n) is 15.1. The van der Waals surface area contributed by atoms with E-state index in [4.69, 9.17) is 9.05 Å². The average Bonchev–Trinajstić information content (AvgIpc) is 3.37. The van der Waals surface area contributed by atoms with Gasteiger partial charge in [-0.25, -0.2) is 0 Å². The third-order valence-corrected chi connectivity index (χ3v) is 16.1. The molecule has 2 N–H and O–H groups in total. The molecule has 0 radical (unpaired) electrons. The zero-order valence-electron chi connectivity index (χ0n) is 50.8. The van der Waals surface area contributed by atoms with E-state index in [0.717, 1.165) is 44.9 Å². The third kappa shape index (κ3) is 60.2. The van der Waals surface area contributed by atoms with E-state index in [-0.39, 0.29) is 19.1 Å². The number of nitrogens with zero attached hydrogens (tertiary/aromatic N) is 1. The highest BCUT2D eigenvalue weighted by molar-refractivity contribution is 7.45. The number of carbonyl (C=O) groups excluding carboxylic acids is 1. The van der Waals surface area contributed by atoms with Crippen LogP contribution in [0.3, 0.4) is 0 Å². The van der Waals surface area contributed by atoms with Crippen LogP contribution >= 0.6 is 7.82 Å². The maximum absolute atomic E-state index is 13.0. The Kier molecular flexibility index (Phi) is 56.4. The summed E-state index contributed by atoms with van der Waals surface area (Å²) in [6.07, 6.45) is 75.3. The topological polar surface area (TPSA) is 108 Å². The van der Waals surface area contributed by atoms with Crippen molar-refractivity contribution < 1.29 is 32.9 Å². The Morgan fingerprint density at radius 1 is 0.467 bits per heavy atom. The summed E-state index contributed by atoms with van der Waals surface area (Å²) >= 11 is 0. The van der Waals surface area contributed by atoms with E-state index in [1.807, 2.05) is 27.2 Å². The lowest BCUT2D eigenvalue weighted by molar-refractivity contribution is -0.870. The summed E-state index contributed by atoms with van der Waals surface area (Å²) in [6.45, 7) is 4.69. The number of aliphatic hydroxyl groups excluding tert-OH is 1. The van der Waals surface area contributed by atoms with Gasteiger partial charge in [-0.15, -0.1) is 0 Å². The fourth-order valence-electron chi connectivity index (χ4n) is 9.95. The van der Waals surface area contributed by atoms with Crippen molar-refractivity contribution in [2.24, 2.45) is 0 Å². The predicted octanol–water partition coefficient (Wildman–Crippen LogP) is 19.9. The predicted molar refractivity (Wildman–Crippen MR) is 325 cm³/mol. The minimum atomic E-state index is -4.60. The van der Waals surface area contributed by atoms with E-state index in [1.54, 1.807) is 6.08 Å². The summed E-state index contributed by atoms with van der Waals surface area (Å²) in [5, 5.41) is 14.0. The van der Waals surface area contributed by atoms with Crippen LogP contribution in [-0.4, -0.2) is 68.5 Å². The van der Waals surface area contributed by atoms with Crippen molar-refractivity contribution in [2.75, 3.05) is 40.9 Å². The molecule has 9 heteroatoms. The molecule has 0 aromatic heterocycles. The molecule has 0 saturated carbocycles. The minimum absolute atomic E-state index is 0.0000350. The van der Waals surface area contributed by atoms with Crippen LogP contribution in [0.2, 0.25) is 0 Å². The molecule has 0 fully saturated rings. The molecule has 0 aliphatic heterocycles. The molecule has 0 spiro atoms. The molecule has 0 aliphatic carbocycles. The number of allylic oxidation sites excluding steroid dienone is 5. The highest BCUT2D eigenvalue weighted by atomic mass is 31.2. The van der Waals surface area contributed by atoms with Crippen LogP contribution in [0, 0.1) is 0 Å². The van der Waals surface area contributed by atoms with Crippen LogP contribution < -0.4 is 10.2 Å². The van der Waals surface area contributed by atoms with Gasteiger partial charge in [0.15, 0.2) is 0 Å². The number of unbranched alkanes of at least 4 members (excludes halogenated alkanes) is 44. The normalized spacial score (nSPS) is 14.0. The maximum atomic E-state index is 13.0. The van der Waals surface area contributed by atoms with Crippen LogP contribution in [0.15, 0.2) is 36.5 Å². The van der Waals surface area contributed by atoms with Gasteiger partial charge in [0.1, 0.15) is 13.2 Å². The molecular weight excluding hydrogens is 948 g/mol. The number of likely N-dealkylation sites (N-methyl/N-ethyl adjacent to an activating group) is 1. The molecular formula is C66H129N2O6P. The summed E-state index contributed by atoms with van der Waals surface area (Å²) in [6, 6.07) is -0.888. The number of aliphatic hydroxyl groups is 1. The molecule has 1 amide bonds. The standard InChI is InChI=1S/C66H129N2O6P/c1-6-8-10-12-14-16-18-20-22-24-26-28-30-32-33-34-36-37-39-41-43-45-47-49-51-53-55-57-59-65(69)64(63-74-75(71,72)73-62-61-68(3,4)5)67-66(70)60-58-56-54-52-50-48-46-44-42-40-38-35-31-29-27-25-23-21-19-17-15-13-11-9-7-2/h19,21,25,27,57,59,64-65,69H,6-18,20,22-24,26,28-56,58,60-63H2,1-5H3,(H-,67,70,71,72)/b21-19-,27-25-,59-57+. The van der Waals surface area contributed by atoms with Crippen LogP contribution in [0.5, 0.6) is 0 Å². The van der Waals surface area contributed by atoms with Gasteiger partial charge >= 0.3 is 0 Å². The number of carbonyl (C=O) groups is 1. The molecule has 0 bridgehead atoms. The first-order valence-corrected chi connectivity index (χ1v) is 34.3. The van der Waals surface area contributed by atoms with Crippen LogP contribution in [-0.2, 0) is 18.4 Å². The molecule has 0 aromatic carbocycles. The summed E-state index contributed by atoms with van der Waals surface area (Å²) in [4.78, 5) is 25.6. The van der Waals surface area contributed by atoms with Gasteiger partial charge in [-0.3, -0.25) is 9.36 Å². The van der Waals surface area contributed by atoms with Crippen molar-refractivity contribution in [3.05, 3.63) is 36.5 Å². The van der Waals surface area contributed by atoms with E-state index in [0.29, 0.717) is 17.4 Å². The molecule has 3 atom stereocenters. The molecule has 8 nitrogen and oxygen atoms in total. The molecule has 75 heavy (non-hydrogen) atoms. The molecule has 0 heterocycles. The molecule has 444 valence electrons. The minimum Gasteiger partial charge on any atom is -0.756 e. The van der Waals surface area contributed by atoms with E-state index >= 15 is 0 Å². The number of amides is 1. The summed E-state index contributed by atoms with van der Waals surface area (Å²) in [7, 11) is 1.27. The van der Waals surface area contributed by atoms with Crippen molar-refractivity contribution in [3.8, 4) is 0 Å². The lowest BCUT2D eigenvalue weighted by Gasteiger charge is -2.29. The quantitative estimate of drug-likeness (QED) is 0.0272. The second-order valence-electron chi connectivity index (χ2n) is 23.8. The van der Waals surface area contributed by atoms with Crippen LogP contribution in [0.1, 0.15) is 328 Å². The van der Waals surface area contributed by atoms with Gasteiger partial charge in [-0.2, -0.15) is 0 Å². The number of hydrogen-bond donors (Lipinski definition) is 2. The summed E-state index contributed by atoms with van der Waals surface area (Å²) < 4.78 is 23.4. The Bertz CT molecular complexity index is 1320. The first-order valence-electron chi connectivity index (χ1n) is 32.9. The highest BCUT2D eigenvalue weighted by Gasteiger charge is 2.23. The molecule has 0 aromatic rings. The first-order chi connectivity index (χ1) is 36.5. The summed E-state index contributed by atoms with van der Waals surface area (Å²) in [5.41, 5.74) is 0. The van der Waals surface area contributed by atoms with Crippen molar-refractivity contribution >= 4 is 13.7 Å². The van der Waals surface area contributed by atoms with E-state index in [9.17, 15) is 19.4 Å². The summed E-state index contributed by atoms with van der Waals surface area (Å²) in [5.74, 6) is -0.193. The number of rotatable bonds is 61. The first kappa shape index (κ1) is 73.7.